The van der Waals surface area contributed by atoms with Gasteiger partial charge in [-0.3, -0.25) is 44.7 Å². The molecule has 5 aliphatic heterocycles. The second-order valence-corrected chi connectivity index (χ2v) is 37.8. The van der Waals surface area contributed by atoms with E-state index in [0.717, 1.165) is 134 Å². The first-order chi connectivity index (χ1) is 57.8. The molecule has 3 N–H and O–H groups in total. The van der Waals surface area contributed by atoms with Crippen molar-refractivity contribution in [1.29, 1.82) is 0 Å². The van der Waals surface area contributed by atoms with Gasteiger partial charge in [0, 0.05) is 105 Å². The van der Waals surface area contributed by atoms with Crippen LogP contribution in [-0.4, -0.2) is 151 Å². The summed E-state index contributed by atoms with van der Waals surface area (Å²) in [5.74, 6) is 0.404. The van der Waals surface area contributed by atoms with Gasteiger partial charge in [0.05, 0.1) is 54.9 Å². The second kappa shape index (κ2) is 34.2. The van der Waals surface area contributed by atoms with Gasteiger partial charge in [0.2, 0.25) is 11.8 Å². The fourth-order valence-corrected chi connectivity index (χ4v) is 19.0. The number of piperidine rings is 1. The Bertz CT molecular complexity index is 5730. The van der Waals surface area contributed by atoms with Gasteiger partial charge in [0.1, 0.15) is 28.6 Å². The predicted octanol–water partition coefficient (Wildman–Crippen LogP) is 16.5. The van der Waals surface area contributed by atoms with Crippen molar-refractivity contribution in [2.75, 3.05) is 64.6 Å². The number of anilines is 5. The van der Waals surface area contributed by atoms with E-state index in [0.29, 0.717) is 101 Å². The molecule has 5 aromatic heterocycles. The highest BCUT2D eigenvalue weighted by Crippen LogP contribution is 2.42. The summed E-state index contributed by atoms with van der Waals surface area (Å²) in [4.78, 5) is 108. The Hall–Kier alpha value is -11.0. The average molecular weight is 1670 g/mol. The molecule has 3 saturated heterocycles. The zero-order chi connectivity index (χ0) is 85.0. The van der Waals surface area contributed by atoms with E-state index >= 15 is 0 Å². The quantitative estimate of drug-likeness (QED) is 0.0409. The summed E-state index contributed by atoms with van der Waals surface area (Å²) < 4.78 is 35.0. The Balaban J connectivity index is 0.000000209. The molecule has 17 rings (SSSR count). The maximum absolute atomic E-state index is 14.1. The summed E-state index contributed by atoms with van der Waals surface area (Å²) >= 11 is 2.90. The summed E-state index contributed by atoms with van der Waals surface area (Å²) in [5, 5.41) is 15.4. The maximum Gasteiger partial charge on any atom is 0.497 e. The van der Waals surface area contributed by atoms with Crippen molar-refractivity contribution in [2.24, 2.45) is 13.0 Å². The van der Waals surface area contributed by atoms with Crippen LogP contribution in [0.15, 0.2) is 146 Å². The van der Waals surface area contributed by atoms with Gasteiger partial charge in [-0.05, 0) is 259 Å². The Morgan fingerprint density at radius 1 is 0.603 bits per heavy atom. The number of benzene rings is 6. The lowest BCUT2D eigenvalue weighted by molar-refractivity contribution is -0.134. The van der Waals surface area contributed by atoms with Gasteiger partial charge < -0.3 is 38.2 Å². The number of nitrogens with one attached hydrogen (secondary N) is 3. The molecule has 0 bridgehead atoms. The number of hydrogen-bond acceptors (Lipinski definition) is 22. The summed E-state index contributed by atoms with van der Waals surface area (Å²) in [6.45, 7) is 29.6. The zero-order valence-corrected chi connectivity index (χ0v) is 72.9. The molecule has 6 aromatic carbocycles. The smallest absolute Gasteiger partial charge is 0.490 e. The highest BCUT2D eigenvalue weighted by molar-refractivity contribution is 7.22. The standard InChI is InChI=1S/C61H69N9O6S.C33H37BN4O5S/c1-37(68-31-33-69(34-32-68)41-21-24-46-50(35-41)67(6)66-55(46)47-26-28-54(71)64-58(47)73)17-18-39-19-22-42(23-20-39)75-51-15-10-12-43(38(51)2)44-25-27-53(63-56(44)59(74)76-61(3,4)5)70-30-29-40-11-9-13-45(48(40)36-70)57(72)65-60-62-49-14-7-8-16-52(49)77-60;1-31(2,3)41-29(40)27-23(34-42-32(4,5)33(6,7)43-34)15-16-26(36-27)38-18-17-20-11-10-12-21(22(20)19-38)28(39)37-30-35-24-13-8-9-14-25(24)44-30/h7-16,21,24-25,27,35,37,39,42,47H,17-20,22-23,26,28-34,36H2,1-6H3,(H,62,65,72)(H,64,71,73);8-16H,17-19H2,1-7H3,(H,35,37,39)/t37-,39?,42?,47?;/m1./s1. The lowest BCUT2D eigenvalue weighted by atomic mass is 9.77. The Morgan fingerprint density at radius 3 is 1.73 bits per heavy atom. The summed E-state index contributed by atoms with van der Waals surface area (Å²) in [6.07, 6.45) is 9.02. The van der Waals surface area contributed by atoms with Gasteiger partial charge in [-0.25, -0.2) is 29.5 Å². The van der Waals surface area contributed by atoms with Crippen molar-refractivity contribution in [3.63, 3.8) is 0 Å². The number of pyridine rings is 2. The van der Waals surface area contributed by atoms with Crippen LogP contribution in [0.5, 0.6) is 5.75 Å². The molecule has 2 atom stereocenters. The first-order valence-corrected chi connectivity index (χ1v) is 43.9. The summed E-state index contributed by atoms with van der Waals surface area (Å²) in [7, 11) is 1.15. The molecule has 4 amide bonds. The Morgan fingerprint density at radius 2 is 1.16 bits per heavy atom. The number of thiazole rings is 2. The van der Waals surface area contributed by atoms with Crippen molar-refractivity contribution >= 4 is 130 Å². The molecule has 10 heterocycles. The normalized spacial score (nSPS) is 18.9. The van der Waals surface area contributed by atoms with Crippen LogP contribution < -0.4 is 40.8 Å². The monoisotopic (exact) mass is 1670 g/mol. The summed E-state index contributed by atoms with van der Waals surface area (Å²) in [6, 6.07) is 48.0. The molecular weight excluding hydrogens is 1560 g/mol. The van der Waals surface area contributed by atoms with Crippen molar-refractivity contribution in [3.8, 4) is 16.9 Å². The second-order valence-electron chi connectivity index (χ2n) is 35.7. The molecule has 1 aliphatic carbocycles. The minimum absolute atomic E-state index is 0.112. The van der Waals surface area contributed by atoms with Crippen LogP contribution in [0.3, 0.4) is 0 Å². The lowest BCUT2D eigenvalue weighted by Crippen LogP contribution is -2.49. The molecular formula is C94H106BN13O11S2. The van der Waals surface area contributed by atoms with Crippen molar-refractivity contribution in [1.82, 2.24) is 39.9 Å². The third kappa shape index (κ3) is 18.3. The van der Waals surface area contributed by atoms with Crippen LogP contribution in [0.2, 0.25) is 0 Å². The van der Waals surface area contributed by atoms with Gasteiger partial charge in [-0.2, -0.15) is 5.10 Å². The minimum Gasteiger partial charge on any atom is -0.490 e. The molecule has 11 aromatic rings. The third-order valence-electron chi connectivity index (χ3n) is 24.6. The third-order valence-corrected chi connectivity index (χ3v) is 26.5. The first-order valence-electron chi connectivity index (χ1n) is 42.3. The number of imide groups is 1. The Kier molecular flexibility index (Phi) is 23.6. The zero-order valence-electron chi connectivity index (χ0n) is 71.3. The van der Waals surface area contributed by atoms with E-state index in [9.17, 15) is 28.8 Å². The molecule has 4 fully saturated rings. The highest BCUT2D eigenvalue weighted by Gasteiger charge is 2.53. The van der Waals surface area contributed by atoms with E-state index in [4.69, 9.17) is 38.6 Å². The molecule has 628 valence electrons. The number of piperazine rings is 1. The van der Waals surface area contributed by atoms with E-state index in [2.05, 4.69) is 89.7 Å². The van der Waals surface area contributed by atoms with Crippen LogP contribution in [0, 0.1) is 12.8 Å². The fourth-order valence-electron chi connectivity index (χ4n) is 17.3. The number of amides is 4. The number of rotatable bonds is 18. The van der Waals surface area contributed by atoms with Crippen LogP contribution >= 0.6 is 22.7 Å². The first kappa shape index (κ1) is 83.7. The van der Waals surface area contributed by atoms with Crippen LogP contribution in [0.4, 0.5) is 27.6 Å². The molecule has 24 nitrogen and oxygen atoms in total. The van der Waals surface area contributed by atoms with E-state index in [1.807, 2.05) is 196 Å². The largest absolute Gasteiger partial charge is 0.497 e. The number of carbonyl (C=O) groups is 6. The number of ether oxygens (including phenoxy) is 3. The van der Waals surface area contributed by atoms with Gasteiger partial charge in [0.25, 0.3) is 11.8 Å². The summed E-state index contributed by atoms with van der Waals surface area (Å²) in [5.41, 5.74) is 10.7. The topological polar surface area (TPSA) is 267 Å². The van der Waals surface area contributed by atoms with Crippen molar-refractivity contribution in [2.45, 2.75) is 201 Å². The van der Waals surface area contributed by atoms with Gasteiger partial charge in [-0.15, -0.1) is 0 Å². The Labute approximate surface area is 714 Å². The number of para-hydroxylation sites is 2. The molecule has 1 unspecified atom stereocenters. The van der Waals surface area contributed by atoms with Gasteiger partial charge >= 0.3 is 19.1 Å². The predicted molar refractivity (Wildman–Crippen MR) is 477 cm³/mol. The van der Waals surface area contributed by atoms with Crippen LogP contribution in [0.25, 0.3) is 42.5 Å². The fraction of sp³-hybridized carbons (Fsp3) is 0.415. The minimum atomic E-state index is -0.774. The lowest BCUT2D eigenvalue weighted by Gasteiger charge is -2.39. The van der Waals surface area contributed by atoms with Crippen molar-refractivity contribution < 1.29 is 52.3 Å². The number of carbonyl (C=O) groups excluding carboxylic acids is 6. The van der Waals surface area contributed by atoms with E-state index in [1.54, 1.807) is 0 Å². The van der Waals surface area contributed by atoms with E-state index < -0.39 is 47.4 Å². The van der Waals surface area contributed by atoms with E-state index in [-0.39, 0.29) is 41.1 Å². The van der Waals surface area contributed by atoms with Crippen LogP contribution in [0.1, 0.15) is 209 Å². The highest BCUT2D eigenvalue weighted by atomic mass is 32.1. The molecule has 0 spiro atoms. The van der Waals surface area contributed by atoms with Gasteiger partial charge in [-0.1, -0.05) is 89.4 Å². The average Bonchev–Trinajstić information content (AvgIpc) is 1.72. The molecule has 6 aliphatic rings. The number of aryl methyl sites for hydroxylation is 1. The number of aromatic nitrogens is 6. The molecule has 27 heteroatoms. The molecule has 121 heavy (non-hydrogen) atoms. The number of fused-ring (bicyclic) bond motifs is 5. The maximum atomic E-state index is 14.1. The molecule has 1 saturated carbocycles. The number of nitrogens with zero attached hydrogens (tertiary/aromatic N) is 10. The van der Waals surface area contributed by atoms with Gasteiger partial charge in [0.15, 0.2) is 21.7 Å². The number of esters is 2. The van der Waals surface area contributed by atoms with E-state index in [1.165, 1.54) is 41.2 Å². The SMILES string of the molecule is CC(C)(C)OC(=O)c1nc(N2CCc3cccc(C(=O)Nc4nc5ccccc5s4)c3C2)ccc1B1OC(C)(C)C(C)(C)O1.Cc1c(OC2CCC(CC[C@@H](C)N3CCN(c4ccc5c(C6CCC(=O)NC6=O)nn(C)c5c4)CC3)CC2)cccc1-c1ccc(N2CCc3cccc(C(=O)Nc4nc5ccccc5s4)c3C2)nc1C(=O)OC(C)(C)C. The van der Waals surface area contributed by atoms with Crippen LogP contribution in [-0.2, 0) is 61.4 Å². The molecule has 0 radical (unpaired) electrons. The number of hydrogen-bond donors (Lipinski definition) is 3. The van der Waals surface area contributed by atoms with Crippen molar-refractivity contribution in [3.05, 3.63) is 202 Å².